The Morgan fingerprint density at radius 2 is 1.31 bits per heavy atom. The SMILES string of the molecule is c1csc(CNCCNCc2cccs2)c1. The minimum atomic E-state index is 0.984. The van der Waals surface area contributed by atoms with Crippen molar-refractivity contribution in [2.24, 2.45) is 0 Å². The molecule has 0 saturated carbocycles. The second-order valence-electron chi connectivity index (χ2n) is 3.51. The fourth-order valence-corrected chi connectivity index (χ4v) is 2.78. The molecule has 0 saturated heterocycles. The van der Waals surface area contributed by atoms with E-state index in [1.165, 1.54) is 9.75 Å². The Morgan fingerprint density at radius 1 is 0.812 bits per heavy atom. The van der Waals surface area contributed by atoms with Crippen molar-refractivity contribution in [2.45, 2.75) is 13.1 Å². The Kier molecular flexibility index (Phi) is 5.02. The summed E-state index contributed by atoms with van der Waals surface area (Å²) in [6.45, 7) is 4.00. The number of rotatable bonds is 7. The smallest absolute Gasteiger partial charge is 0.0300 e. The van der Waals surface area contributed by atoms with Crippen molar-refractivity contribution in [1.29, 1.82) is 0 Å². The molecule has 2 heterocycles. The van der Waals surface area contributed by atoms with E-state index < -0.39 is 0 Å². The minimum Gasteiger partial charge on any atom is -0.311 e. The summed E-state index contributed by atoms with van der Waals surface area (Å²) in [5, 5.41) is 11.1. The second-order valence-corrected chi connectivity index (χ2v) is 5.58. The molecule has 0 aliphatic carbocycles. The number of hydrogen-bond acceptors (Lipinski definition) is 4. The van der Waals surface area contributed by atoms with Crippen LogP contribution in [0.25, 0.3) is 0 Å². The zero-order valence-electron chi connectivity index (χ0n) is 9.11. The van der Waals surface area contributed by atoms with Gasteiger partial charge in [0, 0.05) is 35.9 Å². The van der Waals surface area contributed by atoms with E-state index in [4.69, 9.17) is 0 Å². The molecule has 0 amide bonds. The summed E-state index contributed by atoms with van der Waals surface area (Å²) in [4.78, 5) is 2.80. The van der Waals surface area contributed by atoms with Crippen LogP contribution in [0.3, 0.4) is 0 Å². The van der Waals surface area contributed by atoms with Crippen LogP contribution in [-0.2, 0) is 13.1 Å². The predicted octanol–water partition coefficient (Wildman–Crippen LogP) is 2.69. The summed E-state index contributed by atoms with van der Waals surface area (Å²) in [7, 11) is 0. The summed E-state index contributed by atoms with van der Waals surface area (Å²) < 4.78 is 0. The van der Waals surface area contributed by atoms with Gasteiger partial charge in [-0.3, -0.25) is 0 Å². The summed E-state index contributed by atoms with van der Waals surface area (Å²) in [6.07, 6.45) is 0. The van der Waals surface area contributed by atoms with Crippen molar-refractivity contribution < 1.29 is 0 Å². The zero-order valence-corrected chi connectivity index (χ0v) is 10.7. The van der Waals surface area contributed by atoms with Crippen LogP contribution in [0.4, 0.5) is 0 Å². The lowest BCUT2D eigenvalue weighted by Crippen LogP contribution is -2.26. The van der Waals surface area contributed by atoms with Crippen molar-refractivity contribution in [3.8, 4) is 0 Å². The zero-order chi connectivity index (χ0) is 11.1. The Balaban J connectivity index is 1.49. The first kappa shape index (κ1) is 11.8. The molecular weight excluding hydrogens is 236 g/mol. The van der Waals surface area contributed by atoms with Crippen LogP contribution in [0.15, 0.2) is 35.0 Å². The van der Waals surface area contributed by atoms with E-state index in [1.807, 2.05) is 0 Å². The molecule has 2 aromatic rings. The highest BCUT2D eigenvalue weighted by Gasteiger charge is 1.94. The molecule has 16 heavy (non-hydrogen) atoms. The Hall–Kier alpha value is -0.680. The normalized spacial score (nSPS) is 10.8. The van der Waals surface area contributed by atoms with Gasteiger partial charge >= 0.3 is 0 Å². The van der Waals surface area contributed by atoms with E-state index in [-0.39, 0.29) is 0 Å². The summed E-state index contributed by atoms with van der Waals surface area (Å²) in [5.41, 5.74) is 0. The maximum absolute atomic E-state index is 3.42. The lowest BCUT2D eigenvalue weighted by Gasteiger charge is -2.04. The molecule has 2 N–H and O–H groups in total. The van der Waals surface area contributed by atoms with Crippen LogP contribution in [0, 0.1) is 0 Å². The van der Waals surface area contributed by atoms with E-state index >= 15 is 0 Å². The molecule has 86 valence electrons. The first-order valence-corrected chi connectivity index (χ1v) is 7.17. The van der Waals surface area contributed by atoms with Crippen LogP contribution >= 0.6 is 22.7 Å². The van der Waals surface area contributed by atoms with Gasteiger partial charge in [-0.1, -0.05) is 12.1 Å². The molecule has 2 nitrogen and oxygen atoms in total. The molecule has 0 aromatic carbocycles. The van der Waals surface area contributed by atoms with Crippen molar-refractivity contribution in [3.63, 3.8) is 0 Å². The predicted molar refractivity (Wildman–Crippen MR) is 72.1 cm³/mol. The molecule has 0 aliphatic heterocycles. The van der Waals surface area contributed by atoms with Gasteiger partial charge in [-0.15, -0.1) is 22.7 Å². The molecule has 0 spiro atoms. The Bertz CT molecular complexity index is 329. The van der Waals surface area contributed by atoms with Crippen LogP contribution in [-0.4, -0.2) is 13.1 Å². The van der Waals surface area contributed by atoms with Crippen molar-refractivity contribution in [1.82, 2.24) is 10.6 Å². The monoisotopic (exact) mass is 252 g/mol. The van der Waals surface area contributed by atoms with E-state index in [0.29, 0.717) is 0 Å². The van der Waals surface area contributed by atoms with E-state index in [0.717, 1.165) is 26.2 Å². The third kappa shape index (κ3) is 4.06. The molecule has 0 radical (unpaired) electrons. The third-order valence-electron chi connectivity index (χ3n) is 2.24. The van der Waals surface area contributed by atoms with Gasteiger partial charge < -0.3 is 10.6 Å². The van der Waals surface area contributed by atoms with Gasteiger partial charge in [0.2, 0.25) is 0 Å². The fourth-order valence-electron chi connectivity index (χ4n) is 1.43. The highest BCUT2D eigenvalue weighted by molar-refractivity contribution is 7.10. The number of hydrogen-bond donors (Lipinski definition) is 2. The molecule has 0 unspecified atom stereocenters. The lowest BCUT2D eigenvalue weighted by atomic mass is 10.4. The fraction of sp³-hybridized carbons (Fsp3) is 0.333. The molecule has 0 atom stereocenters. The maximum Gasteiger partial charge on any atom is 0.0300 e. The van der Waals surface area contributed by atoms with Gasteiger partial charge in [0.15, 0.2) is 0 Å². The van der Waals surface area contributed by atoms with Gasteiger partial charge in [-0.25, -0.2) is 0 Å². The molecule has 0 aliphatic rings. The van der Waals surface area contributed by atoms with Crippen LogP contribution in [0.5, 0.6) is 0 Å². The molecule has 0 fully saturated rings. The first-order valence-electron chi connectivity index (χ1n) is 5.41. The summed E-state index contributed by atoms with van der Waals surface area (Å²) in [6, 6.07) is 8.51. The third-order valence-corrected chi connectivity index (χ3v) is 3.99. The molecule has 0 bridgehead atoms. The van der Waals surface area contributed by atoms with Gasteiger partial charge in [0.05, 0.1) is 0 Å². The Labute approximate surface area is 104 Å². The van der Waals surface area contributed by atoms with Crippen LogP contribution < -0.4 is 10.6 Å². The molecule has 2 aromatic heterocycles. The highest BCUT2D eigenvalue weighted by atomic mass is 32.1. The maximum atomic E-state index is 3.42. The van der Waals surface area contributed by atoms with E-state index in [1.54, 1.807) is 22.7 Å². The second kappa shape index (κ2) is 6.81. The molecular formula is C12H16N2S2. The van der Waals surface area contributed by atoms with Crippen LogP contribution in [0.1, 0.15) is 9.75 Å². The van der Waals surface area contributed by atoms with Gasteiger partial charge in [0.1, 0.15) is 0 Å². The topological polar surface area (TPSA) is 24.1 Å². The van der Waals surface area contributed by atoms with Gasteiger partial charge in [-0.2, -0.15) is 0 Å². The quantitative estimate of drug-likeness (QED) is 0.740. The number of thiophene rings is 2. The van der Waals surface area contributed by atoms with E-state index in [9.17, 15) is 0 Å². The van der Waals surface area contributed by atoms with Crippen molar-refractivity contribution in [3.05, 3.63) is 44.8 Å². The summed E-state index contributed by atoms with van der Waals surface area (Å²) in [5.74, 6) is 0. The summed E-state index contributed by atoms with van der Waals surface area (Å²) >= 11 is 3.61. The Morgan fingerprint density at radius 3 is 1.69 bits per heavy atom. The van der Waals surface area contributed by atoms with Gasteiger partial charge in [0.25, 0.3) is 0 Å². The molecule has 4 heteroatoms. The first-order chi connectivity index (χ1) is 7.95. The average Bonchev–Trinajstić information content (AvgIpc) is 2.96. The van der Waals surface area contributed by atoms with Crippen LogP contribution in [0.2, 0.25) is 0 Å². The highest BCUT2D eigenvalue weighted by Crippen LogP contribution is 2.07. The van der Waals surface area contributed by atoms with E-state index in [2.05, 4.69) is 45.7 Å². The average molecular weight is 252 g/mol. The standard InChI is InChI=1S/C12H16N2S2/c1-3-11(15-7-1)9-13-5-6-14-10-12-4-2-8-16-12/h1-4,7-8,13-14H,5-6,9-10H2. The largest absolute Gasteiger partial charge is 0.311 e. The lowest BCUT2D eigenvalue weighted by molar-refractivity contribution is 0.617. The van der Waals surface area contributed by atoms with Gasteiger partial charge in [-0.05, 0) is 22.9 Å². The number of nitrogens with one attached hydrogen (secondary N) is 2. The molecule has 2 rings (SSSR count). The van der Waals surface area contributed by atoms with Crippen molar-refractivity contribution in [2.75, 3.05) is 13.1 Å². The minimum absolute atomic E-state index is 0.984. The van der Waals surface area contributed by atoms with Crippen molar-refractivity contribution >= 4 is 22.7 Å².